The van der Waals surface area contributed by atoms with Gasteiger partial charge in [-0.2, -0.15) is 5.10 Å². The van der Waals surface area contributed by atoms with Crippen molar-refractivity contribution < 1.29 is 4.39 Å². The molecule has 7 heteroatoms. The number of hydrogen-bond donors (Lipinski definition) is 2. The molecule has 0 saturated carbocycles. The number of nitrogens with one attached hydrogen (secondary N) is 2. The van der Waals surface area contributed by atoms with Crippen LogP contribution in [0.2, 0.25) is 0 Å². The molecule has 0 atom stereocenters. The molecule has 4 heterocycles. The van der Waals surface area contributed by atoms with Crippen molar-refractivity contribution in [1.29, 1.82) is 0 Å². The lowest BCUT2D eigenvalue weighted by Gasteiger charge is -2.03. The standard InChI is InChI=1S/C18H11FN6/c19-15-14-13(9-21-16(15)10-4-3-7-20-8-10)24-25-17(14)18-22-11-5-1-2-6-12(11)23-18/h1-9H,(H,22,23)(H,24,25). The van der Waals surface area contributed by atoms with Gasteiger partial charge in [0.05, 0.1) is 28.1 Å². The molecule has 1 aromatic carbocycles. The molecule has 0 aliphatic rings. The van der Waals surface area contributed by atoms with E-state index in [2.05, 4.69) is 30.1 Å². The highest BCUT2D eigenvalue weighted by Crippen LogP contribution is 2.31. The van der Waals surface area contributed by atoms with Crippen LogP contribution in [0, 0.1) is 5.82 Å². The second-order valence-corrected chi connectivity index (χ2v) is 5.63. The van der Waals surface area contributed by atoms with Gasteiger partial charge < -0.3 is 4.98 Å². The number of fused-ring (bicyclic) bond motifs is 2. The summed E-state index contributed by atoms with van der Waals surface area (Å²) in [7, 11) is 0. The zero-order valence-electron chi connectivity index (χ0n) is 12.9. The molecule has 2 N–H and O–H groups in total. The molecule has 0 fully saturated rings. The minimum atomic E-state index is -0.449. The topological polar surface area (TPSA) is 83.1 Å². The number of rotatable bonds is 2. The molecule has 5 aromatic rings. The fraction of sp³-hybridized carbons (Fsp3) is 0. The van der Waals surface area contributed by atoms with Gasteiger partial charge in [-0.05, 0) is 24.3 Å². The molecule has 0 unspecified atom stereocenters. The van der Waals surface area contributed by atoms with Crippen LogP contribution in [0.3, 0.4) is 0 Å². The van der Waals surface area contributed by atoms with Crippen molar-refractivity contribution in [2.45, 2.75) is 0 Å². The van der Waals surface area contributed by atoms with Crippen molar-refractivity contribution in [3.63, 3.8) is 0 Å². The van der Waals surface area contributed by atoms with E-state index in [1.54, 1.807) is 30.7 Å². The molecule has 25 heavy (non-hydrogen) atoms. The molecule has 0 amide bonds. The minimum absolute atomic E-state index is 0.236. The zero-order valence-corrected chi connectivity index (χ0v) is 12.9. The number of nitrogens with zero attached hydrogens (tertiary/aromatic N) is 4. The van der Waals surface area contributed by atoms with Crippen LogP contribution in [0.5, 0.6) is 0 Å². The predicted molar refractivity (Wildman–Crippen MR) is 92.2 cm³/mol. The van der Waals surface area contributed by atoms with Gasteiger partial charge in [0.1, 0.15) is 11.4 Å². The first-order valence-electron chi connectivity index (χ1n) is 7.69. The number of hydrogen-bond acceptors (Lipinski definition) is 4. The van der Waals surface area contributed by atoms with Crippen LogP contribution in [0.4, 0.5) is 4.39 Å². The third-order valence-electron chi connectivity index (χ3n) is 4.09. The van der Waals surface area contributed by atoms with Gasteiger partial charge in [-0.3, -0.25) is 15.1 Å². The summed E-state index contributed by atoms with van der Waals surface area (Å²) in [4.78, 5) is 15.9. The fourth-order valence-electron chi connectivity index (χ4n) is 2.92. The van der Waals surface area contributed by atoms with Crippen LogP contribution in [-0.2, 0) is 0 Å². The SMILES string of the molecule is Fc1c(-c2cccnc2)ncc2[nH]nc(-c3nc4ccccc4[nH]3)c12. The van der Waals surface area contributed by atoms with Crippen molar-refractivity contribution in [2.24, 2.45) is 0 Å². The highest BCUT2D eigenvalue weighted by Gasteiger charge is 2.20. The monoisotopic (exact) mass is 330 g/mol. The summed E-state index contributed by atoms with van der Waals surface area (Å²) >= 11 is 0. The Morgan fingerprint density at radius 2 is 1.84 bits per heavy atom. The van der Waals surface area contributed by atoms with E-state index in [9.17, 15) is 0 Å². The number of para-hydroxylation sites is 2. The number of imidazole rings is 1. The van der Waals surface area contributed by atoms with Crippen molar-refractivity contribution >= 4 is 21.9 Å². The average molecular weight is 330 g/mol. The molecule has 0 spiro atoms. The Labute approximate surface area is 140 Å². The summed E-state index contributed by atoms with van der Waals surface area (Å²) in [6, 6.07) is 11.1. The molecule has 0 saturated heterocycles. The van der Waals surface area contributed by atoms with Gasteiger partial charge in [-0.15, -0.1) is 0 Å². The average Bonchev–Trinajstić information content (AvgIpc) is 3.27. The Kier molecular flexibility index (Phi) is 2.87. The molecule has 0 radical (unpaired) electrons. The molecule has 6 nitrogen and oxygen atoms in total. The summed E-state index contributed by atoms with van der Waals surface area (Å²) < 4.78 is 15.2. The third kappa shape index (κ3) is 2.09. The number of pyridine rings is 2. The van der Waals surface area contributed by atoms with E-state index < -0.39 is 5.82 Å². The molecule has 0 bridgehead atoms. The number of aromatic nitrogens is 6. The van der Waals surface area contributed by atoms with Crippen LogP contribution in [0.1, 0.15) is 0 Å². The minimum Gasteiger partial charge on any atom is -0.337 e. The van der Waals surface area contributed by atoms with Crippen molar-refractivity contribution in [2.75, 3.05) is 0 Å². The fourth-order valence-corrected chi connectivity index (χ4v) is 2.92. The second kappa shape index (κ2) is 5.20. The van der Waals surface area contributed by atoms with Crippen molar-refractivity contribution in [3.8, 4) is 22.8 Å². The normalized spacial score (nSPS) is 11.4. The number of benzene rings is 1. The largest absolute Gasteiger partial charge is 0.337 e. The van der Waals surface area contributed by atoms with Gasteiger partial charge in [0, 0.05) is 18.0 Å². The summed E-state index contributed by atoms with van der Waals surface area (Å²) in [5.74, 6) is 0.0596. The molecule has 120 valence electrons. The maximum Gasteiger partial charge on any atom is 0.161 e. The highest BCUT2D eigenvalue weighted by molar-refractivity contribution is 5.95. The van der Waals surface area contributed by atoms with Gasteiger partial charge in [-0.25, -0.2) is 9.37 Å². The van der Waals surface area contributed by atoms with Gasteiger partial charge in [-0.1, -0.05) is 12.1 Å². The van der Waals surface area contributed by atoms with Crippen molar-refractivity contribution in [1.82, 2.24) is 30.1 Å². The molecule has 0 aliphatic carbocycles. The number of aromatic amines is 2. The van der Waals surface area contributed by atoms with Gasteiger partial charge >= 0.3 is 0 Å². The Morgan fingerprint density at radius 3 is 2.68 bits per heavy atom. The van der Waals surface area contributed by atoms with Crippen LogP contribution in [0.25, 0.3) is 44.7 Å². The maximum atomic E-state index is 15.2. The van der Waals surface area contributed by atoms with E-state index in [1.807, 2.05) is 24.3 Å². The highest BCUT2D eigenvalue weighted by atomic mass is 19.1. The molecule has 0 aliphatic heterocycles. The summed E-state index contributed by atoms with van der Waals surface area (Å²) in [5, 5.41) is 7.42. The first-order chi connectivity index (χ1) is 12.3. The van der Waals surface area contributed by atoms with Crippen LogP contribution in [-0.4, -0.2) is 30.1 Å². The molecular formula is C18H11FN6. The lowest BCUT2D eigenvalue weighted by molar-refractivity contribution is 0.638. The number of halogens is 1. The lowest BCUT2D eigenvalue weighted by atomic mass is 10.1. The quantitative estimate of drug-likeness (QED) is 0.517. The van der Waals surface area contributed by atoms with E-state index in [0.717, 1.165) is 11.0 Å². The Balaban J connectivity index is 1.77. The Morgan fingerprint density at radius 1 is 0.920 bits per heavy atom. The van der Waals surface area contributed by atoms with Gasteiger partial charge in [0.2, 0.25) is 0 Å². The van der Waals surface area contributed by atoms with E-state index in [4.69, 9.17) is 0 Å². The summed E-state index contributed by atoms with van der Waals surface area (Å²) in [6.07, 6.45) is 4.79. The first-order valence-corrected chi connectivity index (χ1v) is 7.69. The zero-order chi connectivity index (χ0) is 16.8. The van der Waals surface area contributed by atoms with Gasteiger partial charge in [0.15, 0.2) is 11.6 Å². The van der Waals surface area contributed by atoms with Crippen molar-refractivity contribution in [3.05, 3.63) is 60.8 Å². The van der Waals surface area contributed by atoms with Crippen LogP contribution < -0.4 is 0 Å². The predicted octanol–water partition coefficient (Wildman–Crippen LogP) is 3.70. The lowest BCUT2D eigenvalue weighted by Crippen LogP contribution is -1.92. The molecular weight excluding hydrogens is 319 g/mol. The van der Waals surface area contributed by atoms with E-state index >= 15 is 4.39 Å². The Bertz CT molecular complexity index is 1180. The maximum absolute atomic E-state index is 15.2. The summed E-state index contributed by atoms with van der Waals surface area (Å²) in [5.41, 5.74) is 3.46. The van der Waals surface area contributed by atoms with E-state index in [1.165, 1.54) is 0 Å². The smallest absolute Gasteiger partial charge is 0.161 e. The summed E-state index contributed by atoms with van der Waals surface area (Å²) in [6.45, 7) is 0. The number of H-pyrrole nitrogens is 2. The first kappa shape index (κ1) is 13.8. The Hall–Kier alpha value is -3.61. The van der Waals surface area contributed by atoms with E-state index in [0.29, 0.717) is 28.0 Å². The third-order valence-corrected chi connectivity index (χ3v) is 4.09. The van der Waals surface area contributed by atoms with E-state index in [-0.39, 0.29) is 5.69 Å². The molecule has 4 aromatic heterocycles. The van der Waals surface area contributed by atoms with Crippen LogP contribution in [0.15, 0.2) is 55.0 Å². The second-order valence-electron chi connectivity index (χ2n) is 5.63. The van der Waals surface area contributed by atoms with Crippen LogP contribution >= 0.6 is 0 Å². The van der Waals surface area contributed by atoms with Gasteiger partial charge in [0.25, 0.3) is 0 Å². The molecule has 5 rings (SSSR count).